The number of hydrogen-bond acceptors (Lipinski definition) is 3. The quantitative estimate of drug-likeness (QED) is 0.644. The number of fused-ring (bicyclic) bond motifs is 3. The molecule has 0 aliphatic heterocycles. The van der Waals surface area contributed by atoms with Crippen LogP contribution in [0.25, 0.3) is 21.9 Å². The van der Waals surface area contributed by atoms with Gasteiger partial charge in [0.1, 0.15) is 5.82 Å². The fourth-order valence-electron chi connectivity index (χ4n) is 1.77. The Labute approximate surface area is 119 Å². The van der Waals surface area contributed by atoms with Crippen molar-refractivity contribution in [2.75, 3.05) is 5.73 Å². The van der Waals surface area contributed by atoms with Gasteiger partial charge in [0.15, 0.2) is 0 Å². The number of imidazole rings is 1. The van der Waals surface area contributed by atoms with Crippen molar-refractivity contribution < 1.29 is 19.5 Å². The SMILES string of the molecule is CC.Cc1nc2c(N)nc3ccccc3c2[n-]1.[Ru+]. The number of aromatic nitrogens is 3. The number of nitrogens with zero attached hydrogens (tertiary/aromatic N) is 3. The van der Waals surface area contributed by atoms with E-state index in [-0.39, 0.29) is 19.5 Å². The van der Waals surface area contributed by atoms with Crippen LogP contribution in [0.1, 0.15) is 19.7 Å². The second-order valence-corrected chi connectivity index (χ2v) is 3.48. The molecule has 0 aliphatic carbocycles. The Morgan fingerprint density at radius 2 is 1.78 bits per heavy atom. The fraction of sp³-hybridized carbons (Fsp3) is 0.231. The maximum atomic E-state index is 5.82. The van der Waals surface area contributed by atoms with Gasteiger partial charge in [-0.25, -0.2) is 4.98 Å². The third-order valence-corrected chi connectivity index (χ3v) is 2.41. The standard InChI is InChI=1S/C11H9N4.C2H6.Ru/c1-6-13-9-7-4-2-3-5-8(7)15-11(12)10(9)14-6;1-2;/h2-5H,1H3,(H2-,12,13,14,15);1-2H3;/q-1;;+1. The number of pyridine rings is 1. The van der Waals surface area contributed by atoms with Gasteiger partial charge in [0.05, 0.1) is 5.52 Å². The maximum Gasteiger partial charge on any atom is 1.00 e. The molecule has 0 unspecified atom stereocenters. The molecule has 0 fully saturated rings. The van der Waals surface area contributed by atoms with E-state index >= 15 is 0 Å². The molecule has 3 rings (SSSR count). The zero-order chi connectivity index (χ0) is 12.4. The van der Waals surface area contributed by atoms with Crippen LogP contribution in [0.15, 0.2) is 24.3 Å². The van der Waals surface area contributed by atoms with E-state index in [2.05, 4.69) is 15.0 Å². The van der Waals surface area contributed by atoms with E-state index in [0.717, 1.165) is 22.2 Å². The van der Waals surface area contributed by atoms with Crippen LogP contribution >= 0.6 is 0 Å². The Morgan fingerprint density at radius 1 is 1.11 bits per heavy atom. The van der Waals surface area contributed by atoms with Gasteiger partial charge in [-0.2, -0.15) is 0 Å². The molecule has 0 amide bonds. The number of nitrogen functional groups attached to an aromatic ring is 1. The first-order valence-electron chi connectivity index (χ1n) is 5.71. The first-order chi connectivity index (χ1) is 8.25. The fourth-order valence-corrected chi connectivity index (χ4v) is 1.77. The molecule has 0 spiro atoms. The maximum absolute atomic E-state index is 5.82. The van der Waals surface area contributed by atoms with Gasteiger partial charge in [0.25, 0.3) is 0 Å². The number of rotatable bonds is 0. The summed E-state index contributed by atoms with van der Waals surface area (Å²) in [5.41, 5.74) is 8.23. The first kappa shape index (κ1) is 14.6. The van der Waals surface area contributed by atoms with Gasteiger partial charge in [-0.05, 0) is 18.5 Å². The molecule has 2 heterocycles. The Kier molecular flexibility index (Phi) is 4.79. The zero-order valence-corrected chi connectivity index (χ0v) is 12.3. The van der Waals surface area contributed by atoms with Crippen LogP contribution in [-0.2, 0) is 19.5 Å². The van der Waals surface area contributed by atoms with Crippen molar-refractivity contribution in [1.82, 2.24) is 15.0 Å². The molecule has 0 atom stereocenters. The molecule has 2 aromatic heterocycles. The summed E-state index contributed by atoms with van der Waals surface area (Å²) < 4.78 is 0. The average Bonchev–Trinajstić information content (AvgIpc) is 2.75. The van der Waals surface area contributed by atoms with Crippen molar-refractivity contribution in [3.8, 4) is 0 Å². The molecule has 5 heteroatoms. The van der Waals surface area contributed by atoms with Gasteiger partial charge in [0, 0.05) is 10.9 Å². The summed E-state index contributed by atoms with van der Waals surface area (Å²) in [6.07, 6.45) is 0. The Balaban J connectivity index is 0.000000516. The van der Waals surface area contributed by atoms with Crippen molar-refractivity contribution in [2.24, 2.45) is 0 Å². The van der Waals surface area contributed by atoms with E-state index in [0.29, 0.717) is 11.3 Å². The monoisotopic (exact) mass is 329 g/mol. The average molecular weight is 328 g/mol. The van der Waals surface area contributed by atoms with Crippen LogP contribution in [0.4, 0.5) is 5.82 Å². The van der Waals surface area contributed by atoms with Crippen molar-refractivity contribution in [3.05, 3.63) is 30.1 Å². The van der Waals surface area contributed by atoms with Gasteiger partial charge in [-0.1, -0.05) is 37.9 Å². The van der Waals surface area contributed by atoms with Crippen LogP contribution in [0.3, 0.4) is 0 Å². The zero-order valence-electron chi connectivity index (χ0n) is 10.6. The topological polar surface area (TPSA) is 65.9 Å². The Hall–Kier alpha value is -1.48. The normalized spacial score (nSPS) is 9.72. The summed E-state index contributed by atoms with van der Waals surface area (Å²) >= 11 is 0. The predicted octanol–water partition coefficient (Wildman–Crippen LogP) is 2.65. The first-order valence-corrected chi connectivity index (χ1v) is 5.71. The molecule has 2 N–H and O–H groups in total. The minimum absolute atomic E-state index is 0. The van der Waals surface area contributed by atoms with Crippen molar-refractivity contribution >= 4 is 27.8 Å². The number of aryl methyl sites for hydroxylation is 1. The molecule has 18 heavy (non-hydrogen) atoms. The van der Waals surface area contributed by atoms with Gasteiger partial charge >= 0.3 is 19.5 Å². The Morgan fingerprint density at radius 3 is 2.50 bits per heavy atom. The smallest absolute Gasteiger partial charge is 0.439 e. The predicted molar refractivity (Wildman–Crippen MR) is 70.9 cm³/mol. The van der Waals surface area contributed by atoms with Gasteiger partial charge in [-0.3, -0.25) is 0 Å². The van der Waals surface area contributed by atoms with Gasteiger partial charge < -0.3 is 15.7 Å². The molecular formula is C13H15N4Ru. The third-order valence-electron chi connectivity index (χ3n) is 2.41. The summed E-state index contributed by atoms with van der Waals surface area (Å²) in [6.45, 7) is 5.86. The molecular weight excluding hydrogens is 313 g/mol. The van der Waals surface area contributed by atoms with E-state index < -0.39 is 0 Å². The number of para-hydroxylation sites is 1. The number of nitrogens with two attached hydrogens (primary N) is 1. The molecule has 4 nitrogen and oxygen atoms in total. The van der Waals surface area contributed by atoms with E-state index in [9.17, 15) is 0 Å². The molecule has 95 valence electrons. The largest absolute Gasteiger partial charge is 1.00 e. The van der Waals surface area contributed by atoms with E-state index in [1.807, 2.05) is 45.0 Å². The van der Waals surface area contributed by atoms with Gasteiger partial charge in [0.2, 0.25) is 0 Å². The number of benzene rings is 1. The summed E-state index contributed by atoms with van der Waals surface area (Å²) in [5.74, 6) is 1.18. The molecule has 0 aliphatic rings. The van der Waals surface area contributed by atoms with Crippen LogP contribution in [-0.4, -0.2) is 9.97 Å². The van der Waals surface area contributed by atoms with Crippen molar-refractivity contribution in [1.29, 1.82) is 0 Å². The molecule has 1 radical (unpaired) electrons. The third kappa shape index (κ3) is 2.36. The molecule has 3 aromatic rings. The van der Waals surface area contributed by atoms with Crippen molar-refractivity contribution in [2.45, 2.75) is 20.8 Å². The molecule has 0 bridgehead atoms. The second-order valence-electron chi connectivity index (χ2n) is 3.48. The van der Waals surface area contributed by atoms with Crippen LogP contribution in [0, 0.1) is 6.92 Å². The minimum atomic E-state index is 0. The summed E-state index contributed by atoms with van der Waals surface area (Å²) in [5, 5.41) is 1.00. The van der Waals surface area contributed by atoms with E-state index in [1.54, 1.807) is 0 Å². The van der Waals surface area contributed by atoms with E-state index in [1.165, 1.54) is 0 Å². The van der Waals surface area contributed by atoms with E-state index in [4.69, 9.17) is 5.73 Å². The molecule has 0 saturated heterocycles. The number of hydrogen-bond donors (Lipinski definition) is 1. The molecule has 0 saturated carbocycles. The molecule has 1 aromatic carbocycles. The van der Waals surface area contributed by atoms with Gasteiger partial charge in [-0.15, -0.1) is 0 Å². The Bertz CT molecular complexity index is 660. The summed E-state index contributed by atoms with van der Waals surface area (Å²) in [7, 11) is 0. The van der Waals surface area contributed by atoms with Crippen molar-refractivity contribution in [3.63, 3.8) is 0 Å². The summed E-state index contributed by atoms with van der Waals surface area (Å²) in [4.78, 5) is 12.9. The van der Waals surface area contributed by atoms with Crippen LogP contribution < -0.4 is 10.7 Å². The van der Waals surface area contributed by atoms with Crippen LogP contribution in [0.2, 0.25) is 0 Å². The van der Waals surface area contributed by atoms with Crippen LogP contribution in [0.5, 0.6) is 0 Å². The number of anilines is 1. The minimum Gasteiger partial charge on any atom is -0.439 e. The second kappa shape index (κ2) is 5.92. The summed E-state index contributed by atoms with van der Waals surface area (Å²) in [6, 6.07) is 7.81.